The second-order valence-electron chi connectivity index (χ2n) is 0.879. The molecule has 0 heterocycles. The van der Waals surface area contributed by atoms with E-state index in [9.17, 15) is 0 Å². The van der Waals surface area contributed by atoms with Crippen molar-refractivity contribution in [1.82, 2.24) is 0 Å². The lowest BCUT2D eigenvalue weighted by atomic mass is 10.5. The van der Waals surface area contributed by atoms with Gasteiger partial charge in [-0.15, -0.1) is 24.0 Å². The molecule has 0 aliphatic rings. The van der Waals surface area contributed by atoms with Gasteiger partial charge in [0.1, 0.15) is 0 Å². The van der Waals surface area contributed by atoms with Crippen molar-refractivity contribution >= 4 is 29.8 Å². The smallest absolute Gasteiger partial charge is 0.0902 e. The highest BCUT2D eigenvalue weighted by Crippen LogP contribution is 1.64. The largest absolute Gasteiger partial charge is 0.388 e. The maximum atomic E-state index is 6.52. The molecule has 0 amide bonds. The monoisotopic (exact) mass is 200 g/mol. The molecule has 0 saturated heterocycles. The number of amidine groups is 1. The summed E-state index contributed by atoms with van der Waals surface area (Å²) in [6.07, 6.45) is 0.667. The average Bonchev–Trinajstić information content (AvgIpc) is 1.38. The molecule has 0 rings (SSSR count). The fourth-order valence-corrected chi connectivity index (χ4v) is 0. The summed E-state index contributed by atoms with van der Waals surface area (Å²) < 4.78 is 0. The lowest BCUT2D eigenvalue weighted by Gasteiger charge is -1.79. The van der Waals surface area contributed by atoms with Crippen molar-refractivity contribution in [3.8, 4) is 0 Å². The zero-order chi connectivity index (χ0) is 4.28. The minimum absolute atomic E-state index is 0. The molecule has 0 saturated carbocycles. The number of nitrogens with two attached hydrogens (primary N) is 1. The number of halogens is 1. The van der Waals surface area contributed by atoms with Crippen LogP contribution in [0, 0.1) is 5.41 Å². The Bertz CT molecular complexity index is 44.1. The van der Waals surface area contributed by atoms with E-state index in [0.717, 1.165) is 0 Å². The van der Waals surface area contributed by atoms with E-state index in [1.807, 2.05) is 6.92 Å². The van der Waals surface area contributed by atoms with Gasteiger partial charge in [-0.1, -0.05) is 6.92 Å². The van der Waals surface area contributed by atoms with Gasteiger partial charge in [-0.05, 0) is 0 Å². The van der Waals surface area contributed by atoms with Gasteiger partial charge in [-0.3, -0.25) is 5.41 Å². The highest BCUT2D eigenvalue weighted by Gasteiger charge is 1.70. The first kappa shape index (κ1) is 9.50. The van der Waals surface area contributed by atoms with Crippen molar-refractivity contribution in [2.24, 2.45) is 5.73 Å². The molecule has 3 heteroatoms. The van der Waals surface area contributed by atoms with Crippen LogP contribution in [0.5, 0.6) is 0 Å². The summed E-state index contributed by atoms with van der Waals surface area (Å²) >= 11 is 0. The molecule has 0 aromatic heterocycles. The normalized spacial score (nSPS) is 6.17. The first-order chi connectivity index (χ1) is 2.27. The van der Waals surface area contributed by atoms with Crippen molar-refractivity contribution in [3.05, 3.63) is 0 Å². The van der Waals surface area contributed by atoms with Gasteiger partial charge in [-0.25, -0.2) is 0 Å². The van der Waals surface area contributed by atoms with Gasteiger partial charge in [-0.2, -0.15) is 0 Å². The quantitative estimate of drug-likeness (QED) is 0.369. The van der Waals surface area contributed by atoms with Gasteiger partial charge >= 0.3 is 0 Å². The summed E-state index contributed by atoms with van der Waals surface area (Å²) in [5.74, 6) is 0.255. The fourth-order valence-electron chi connectivity index (χ4n) is 0. The van der Waals surface area contributed by atoms with E-state index in [0.29, 0.717) is 6.42 Å². The molecular formula is C3H9IN2. The lowest BCUT2D eigenvalue weighted by molar-refractivity contribution is 1.21. The van der Waals surface area contributed by atoms with Crippen LogP contribution in [0.25, 0.3) is 0 Å². The number of hydrogen-bond acceptors (Lipinski definition) is 1. The standard InChI is InChI=1S/C3H8N2.HI/c1-2-3(4)5;/h2H2,1H3,(H3,4,5);1H. The van der Waals surface area contributed by atoms with E-state index >= 15 is 0 Å². The molecule has 0 atom stereocenters. The molecule has 3 N–H and O–H groups in total. The molecule has 0 aliphatic heterocycles. The van der Waals surface area contributed by atoms with Gasteiger partial charge in [0, 0.05) is 6.42 Å². The van der Waals surface area contributed by atoms with Crippen LogP contribution < -0.4 is 5.73 Å². The topological polar surface area (TPSA) is 49.9 Å². The third kappa shape index (κ3) is 8.89. The maximum absolute atomic E-state index is 6.52. The minimum Gasteiger partial charge on any atom is -0.388 e. The molecule has 38 valence electrons. The van der Waals surface area contributed by atoms with E-state index in [2.05, 4.69) is 0 Å². The Balaban J connectivity index is 0. The molecule has 6 heavy (non-hydrogen) atoms. The Labute approximate surface area is 54.6 Å². The number of rotatable bonds is 1. The predicted molar refractivity (Wildman–Crippen MR) is 37.6 cm³/mol. The molecule has 0 fully saturated rings. The van der Waals surface area contributed by atoms with Crippen LogP contribution in [0.15, 0.2) is 0 Å². The summed E-state index contributed by atoms with van der Waals surface area (Å²) in [6, 6.07) is 0. The predicted octanol–water partition coefficient (Wildman–Crippen LogP) is 0.950. The van der Waals surface area contributed by atoms with Crippen molar-refractivity contribution in [2.75, 3.05) is 0 Å². The second kappa shape index (κ2) is 5.20. The second-order valence-corrected chi connectivity index (χ2v) is 0.879. The molecule has 0 unspecified atom stereocenters. The highest BCUT2D eigenvalue weighted by molar-refractivity contribution is 14.0. The zero-order valence-corrected chi connectivity index (χ0v) is 6.02. The van der Waals surface area contributed by atoms with Crippen LogP contribution in [0.3, 0.4) is 0 Å². The molecule has 0 aliphatic carbocycles. The Morgan fingerprint density at radius 2 is 2.00 bits per heavy atom. The summed E-state index contributed by atoms with van der Waals surface area (Å²) in [5, 5.41) is 6.52. The van der Waals surface area contributed by atoms with E-state index in [-0.39, 0.29) is 29.8 Å². The van der Waals surface area contributed by atoms with Crippen molar-refractivity contribution < 1.29 is 0 Å². The first-order valence-electron chi connectivity index (χ1n) is 1.60. The Morgan fingerprint density at radius 1 is 1.83 bits per heavy atom. The average molecular weight is 200 g/mol. The summed E-state index contributed by atoms with van der Waals surface area (Å²) in [7, 11) is 0. The van der Waals surface area contributed by atoms with Gasteiger partial charge in [0.15, 0.2) is 0 Å². The van der Waals surface area contributed by atoms with Crippen LogP contribution in [-0.4, -0.2) is 5.84 Å². The van der Waals surface area contributed by atoms with E-state index in [4.69, 9.17) is 11.1 Å². The van der Waals surface area contributed by atoms with E-state index in [1.54, 1.807) is 0 Å². The van der Waals surface area contributed by atoms with Crippen molar-refractivity contribution in [1.29, 1.82) is 5.41 Å². The Morgan fingerprint density at radius 3 is 2.00 bits per heavy atom. The summed E-state index contributed by atoms with van der Waals surface area (Å²) in [5.41, 5.74) is 4.88. The third-order valence-corrected chi connectivity index (χ3v) is 0.381. The Kier molecular flexibility index (Phi) is 8.24. The van der Waals surface area contributed by atoms with Gasteiger partial charge < -0.3 is 5.73 Å². The lowest BCUT2D eigenvalue weighted by Crippen LogP contribution is -2.05. The number of hydrogen-bond donors (Lipinski definition) is 2. The maximum Gasteiger partial charge on any atom is 0.0902 e. The third-order valence-electron chi connectivity index (χ3n) is 0.381. The van der Waals surface area contributed by atoms with Gasteiger partial charge in [0.25, 0.3) is 0 Å². The molecule has 2 nitrogen and oxygen atoms in total. The SMILES string of the molecule is CCC(=N)N.I. The van der Waals surface area contributed by atoms with Gasteiger partial charge in [0.2, 0.25) is 0 Å². The fraction of sp³-hybridized carbons (Fsp3) is 0.667. The molecule has 0 radical (unpaired) electrons. The molecule has 0 bridgehead atoms. The minimum atomic E-state index is 0. The van der Waals surface area contributed by atoms with Crippen LogP contribution in [0.4, 0.5) is 0 Å². The molecule has 0 aromatic carbocycles. The molecular weight excluding hydrogens is 191 g/mol. The van der Waals surface area contributed by atoms with E-state index < -0.39 is 0 Å². The summed E-state index contributed by atoms with van der Waals surface area (Å²) in [4.78, 5) is 0. The van der Waals surface area contributed by atoms with E-state index in [1.165, 1.54) is 0 Å². The van der Waals surface area contributed by atoms with Crippen LogP contribution >= 0.6 is 24.0 Å². The van der Waals surface area contributed by atoms with Crippen molar-refractivity contribution in [2.45, 2.75) is 13.3 Å². The highest BCUT2D eigenvalue weighted by atomic mass is 127. The summed E-state index contributed by atoms with van der Waals surface area (Å²) in [6.45, 7) is 1.85. The molecule has 0 spiro atoms. The zero-order valence-electron chi connectivity index (χ0n) is 3.69. The van der Waals surface area contributed by atoms with Crippen molar-refractivity contribution in [3.63, 3.8) is 0 Å². The molecule has 0 aromatic rings. The van der Waals surface area contributed by atoms with Crippen LogP contribution in [0.2, 0.25) is 0 Å². The van der Waals surface area contributed by atoms with Crippen LogP contribution in [-0.2, 0) is 0 Å². The van der Waals surface area contributed by atoms with Gasteiger partial charge in [0.05, 0.1) is 5.84 Å². The number of nitrogens with one attached hydrogen (secondary N) is 1. The first-order valence-corrected chi connectivity index (χ1v) is 1.60. The van der Waals surface area contributed by atoms with Crippen LogP contribution in [0.1, 0.15) is 13.3 Å². The Hall–Kier alpha value is 0.200.